The average Bonchev–Trinajstić information content (AvgIpc) is 3.15. The lowest BCUT2D eigenvalue weighted by molar-refractivity contribution is 0.0547. The van der Waals surface area contributed by atoms with Gasteiger partial charge in [0.05, 0.1) is 30.7 Å². The van der Waals surface area contributed by atoms with Gasteiger partial charge in [0, 0.05) is 38.4 Å². The molecule has 0 aliphatic heterocycles. The molecule has 1 aromatic carbocycles. The third-order valence-electron chi connectivity index (χ3n) is 4.48. The van der Waals surface area contributed by atoms with Gasteiger partial charge in [0.15, 0.2) is 0 Å². The number of sulfonamides is 1. The summed E-state index contributed by atoms with van der Waals surface area (Å²) < 4.78 is 40.3. The Balaban J connectivity index is 1.99. The van der Waals surface area contributed by atoms with E-state index < -0.39 is 15.6 Å². The van der Waals surface area contributed by atoms with Gasteiger partial charge in [0.1, 0.15) is 4.90 Å². The van der Waals surface area contributed by atoms with Crippen LogP contribution in [0.15, 0.2) is 47.6 Å². The summed E-state index contributed by atoms with van der Waals surface area (Å²) >= 11 is 0. The van der Waals surface area contributed by atoms with Gasteiger partial charge in [0.2, 0.25) is 11.8 Å². The zero-order valence-corrected chi connectivity index (χ0v) is 19.3. The molecule has 0 atom stereocenters. The van der Waals surface area contributed by atoms with Crippen LogP contribution in [-0.2, 0) is 28.4 Å². The number of nitrogens with zero attached hydrogens (tertiary/aromatic N) is 4. The standard InChI is InChI=1S/C21H27N5O5S/c1-21(2,27)9-10-31-19-11-18(17-8-6-5-7-15(17)14-30-4)23-20(24-19)25-32(28,29)16-12-22-26(3)13-16/h5-8,11-13,27H,9-10,14H2,1-4H3,(H,23,24,25). The normalized spacial score (nSPS) is 12.0. The van der Waals surface area contributed by atoms with E-state index in [-0.39, 0.29) is 23.3 Å². The summed E-state index contributed by atoms with van der Waals surface area (Å²) in [5, 5.41) is 13.8. The van der Waals surface area contributed by atoms with E-state index in [0.29, 0.717) is 18.7 Å². The van der Waals surface area contributed by atoms with Crippen molar-refractivity contribution in [2.24, 2.45) is 7.05 Å². The molecule has 32 heavy (non-hydrogen) atoms. The van der Waals surface area contributed by atoms with Crippen molar-refractivity contribution in [3.8, 4) is 17.1 Å². The van der Waals surface area contributed by atoms with Crippen molar-refractivity contribution >= 4 is 16.0 Å². The molecular formula is C21H27N5O5S. The molecule has 3 rings (SSSR count). The zero-order valence-electron chi connectivity index (χ0n) is 18.4. The number of methoxy groups -OCH3 is 1. The first kappa shape index (κ1) is 23.6. The van der Waals surface area contributed by atoms with Gasteiger partial charge in [-0.3, -0.25) is 4.68 Å². The van der Waals surface area contributed by atoms with Gasteiger partial charge >= 0.3 is 0 Å². The summed E-state index contributed by atoms with van der Waals surface area (Å²) in [4.78, 5) is 8.60. The molecule has 2 aromatic heterocycles. The molecule has 0 saturated carbocycles. The highest BCUT2D eigenvalue weighted by molar-refractivity contribution is 7.92. The van der Waals surface area contributed by atoms with Gasteiger partial charge in [-0.15, -0.1) is 0 Å². The van der Waals surface area contributed by atoms with Crippen LogP contribution in [0.3, 0.4) is 0 Å². The number of ether oxygens (including phenoxy) is 2. The fraction of sp³-hybridized carbons (Fsp3) is 0.381. The van der Waals surface area contributed by atoms with Gasteiger partial charge in [0.25, 0.3) is 10.0 Å². The molecular weight excluding hydrogens is 434 g/mol. The Morgan fingerprint density at radius 2 is 1.97 bits per heavy atom. The fourth-order valence-corrected chi connectivity index (χ4v) is 3.78. The van der Waals surface area contributed by atoms with E-state index in [1.165, 1.54) is 17.1 Å². The topological polar surface area (TPSA) is 128 Å². The third-order valence-corrected chi connectivity index (χ3v) is 5.76. The minimum absolute atomic E-state index is 0.0155. The van der Waals surface area contributed by atoms with Crippen molar-refractivity contribution in [1.82, 2.24) is 19.7 Å². The van der Waals surface area contributed by atoms with Crippen LogP contribution in [0.2, 0.25) is 0 Å². The lowest BCUT2D eigenvalue weighted by atomic mass is 10.0. The van der Waals surface area contributed by atoms with E-state index in [1.54, 1.807) is 34.1 Å². The van der Waals surface area contributed by atoms with Crippen molar-refractivity contribution in [2.45, 2.75) is 37.4 Å². The van der Waals surface area contributed by atoms with Crippen LogP contribution < -0.4 is 9.46 Å². The number of benzene rings is 1. The van der Waals surface area contributed by atoms with Gasteiger partial charge in [-0.2, -0.15) is 10.1 Å². The van der Waals surface area contributed by atoms with Gasteiger partial charge in [-0.05, 0) is 19.4 Å². The highest BCUT2D eigenvalue weighted by atomic mass is 32.2. The Kier molecular flexibility index (Phi) is 7.12. The maximum atomic E-state index is 12.8. The third kappa shape index (κ3) is 6.25. The summed E-state index contributed by atoms with van der Waals surface area (Å²) in [5.41, 5.74) is 1.18. The molecule has 0 amide bonds. The number of aryl methyl sites for hydroxylation is 1. The van der Waals surface area contributed by atoms with Crippen molar-refractivity contribution < 1.29 is 23.0 Å². The lowest BCUT2D eigenvalue weighted by Gasteiger charge is -2.17. The van der Waals surface area contributed by atoms with Crippen LogP contribution in [-0.4, -0.2) is 52.6 Å². The maximum absolute atomic E-state index is 12.8. The van der Waals surface area contributed by atoms with E-state index in [4.69, 9.17) is 9.47 Å². The predicted molar refractivity (Wildman–Crippen MR) is 119 cm³/mol. The molecule has 172 valence electrons. The SMILES string of the molecule is COCc1ccccc1-c1cc(OCCC(C)(C)O)nc(NS(=O)(=O)c2cnn(C)c2)n1. The van der Waals surface area contributed by atoms with Gasteiger partial charge in [-0.1, -0.05) is 24.3 Å². The lowest BCUT2D eigenvalue weighted by Crippen LogP contribution is -2.22. The fourth-order valence-electron chi connectivity index (χ4n) is 2.86. The number of aliphatic hydroxyl groups is 1. The molecule has 0 radical (unpaired) electrons. The predicted octanol–water partition coefficient (Wildman–Crippen LogP) is 2.36. The number of anilines is 1. The Hall–Kier alpha value is -3.02. The highest BCUT2D eigenvalue weighted by Crippen LogP contribution is 2.27. The Labute approximate surface area is 187 Å². The molecule has 0 fully saturated rings. The first-order valence-corrected chi connectivity index (χ1v) is 11.4. The van der Waals surface area contributed by atoms with Crippen molar-refractivity contribution in [2.75, 3.05) is 18.4 Å². The van der Waals surface area contributed by atoms with E-state index in [1.807, 2.05) is 24.3 Å². The number of hydrogen-bond donors (Lipinski definition) is 2. The minimum atomic E-state index is -3.95. The molecule has 0 unspecified atom stereocenters. The largest absolute Gasteiger partial charge is 0.477 e. The summed E-state index contributed by atoms with van der Waals surface area (Å²) in [6.07, 6.45) is 2.98. The summed E-state index contributed by atoms with van der Waals surface area (Å²) in [7, 11) is -0.736. The molecule has 11 heteroatoms. The summed E-state index contributed by atoms with van der Waals surface area (Å²) in [6.45, 7) is 3.90. The molecule has 3 aromatic rings. The van der Waals surface area contributed by atoms with E-state index in [0.717, 1.165) is 11.1 Å². The van der Waals surface area contributed by atoms with Crippen LogP contribution in [0.4, 0.5) is 5.95 Å². The number of rotatable bonds is 10. The Morgan fingerprint density at radius 3 is 2.62 bits per heavy atom. The smallest absolute Gasteiger partial charge is 0.267 e. The molecule has 2 heterocycles. The number of aromatic nitrogens is 4. The second-order valence-corrected chi connectivity index (χ2v) is 9.55. The van der Waals surface area contributed by atoms with E-state index in [9.17, 15) is 13.5 Å². The summed E-state index contributed by atoms with van der Waals surface area (Å²) in [5.74, 6) is 0.0344. The molecule has 0 spiro atoms. The Morgan fingerprint density at radius 1 is 1.22 bits per heavy atom. The van der Waals surface area contributed by atoms with Crippen LogP contribution >= 0.6 is 0 Å². The highest BCUT2D eigenvalue weighted by Gasteiger charge is 2.20. The molecule has 2 N–H and O–H groups in total. The quantitative estimate of drug-likeness (QED) is 0.471. The molecule has 0 bridgehead atoms. The van der Waals surface area contributed by atoms with Crippen LogP contribution in [0.5, 0.6) is 5.88 Å². The molecule has 0 aliphatic rings. The minimum Gasteiger partial charge on any atom is -0.477 e. The van der Waals surface area contributed by atoms with Crippen molar-refractivity contribution in [3.05, 3.63) is 48.3 Å². The van der Waals surface area contributed by atoms with Crippen molar-refractivity contribution in [3.63, 3.8) is 0 Å². The number of hydrogen-bond acceptors (Lipinski definition) is 8. The van der Waals surface area contributed by atoms with Crippen LogP contribution in [0.1, 0.15) is 25.8 Å². The maximum Gasteiger partial charge on any atom is 0.267 e. The van der Waals surface area contributed by atoms with E-state index >= 15 is 0 Å². The van der Waals surface area contributed by atoms with Crippen LogP contribution in [0.25, 0.3) is 11.3 Å². The first-order chi connectivity index (χ1) is 15.1. The van der Waals surface area contributed by atoms with Crippen LogP contribution in [0, 0.1) is 0 Å². The molecule has 10 nitrogen and oxygen atoms in total. The Bertz CT molecular complexity index is 1170. The summed E-state index contributed by atoms with van der Waals surface area (Å²) in [6, 6.07) is 9.11. The zero-order chi connectivity index (χ0) is 23.4. The average molecular weight is 462 g/mol. The van der Waals surface area contributed by atoms with Gasteiger partial charge in [-0.25, -0.2) is 18.1 Å². The van der Waals surface area contributed by atoms with Crippen molar-refractivity contribution in [1.29, 1.82) is 0 Å². The monoisotopic (exact) mass is 461 g/mol. The molecule has 0 aliphatic carbocycles. The second kappa shape index (κ2) is 9.63. The first-order valence-electron chi connectivity index (χ1n) is 9.90. The number of nitrogens with one attached hydrogen (secondary N) is 1. The second-order valence-electron chi connectivity index (χ2n) is 7.87. The van der Waals surface area contributed by atoms with E-state index in [2.05, 4.69) is 19.8 Å². The van der Waals surface area contributed by atoms with Gasteiger partial charge < -0.3 is 14.6 Å². The molecule has 0 saturated heterocycles.